The lowest BCUT2D eigenvalue weighted by atomic mass is 9.90. The number of nitrogens with two attached hydrogens (primary N) is 1. The number of hydrogen-bond donors (Lipinski definition) is 1. The fraction of sp³-hybridized carbons (Fsp3) is 0.562. The molecule has 19 heavy (non-hydrogen) atoms. The van der Waals surface area contributed by atoms with Gasteiger partial charge >= 0.3 is 0 Å². The van der Waals surface area contributed by atoms with Gasteiger partial charge in [0.2, 0.25) is 5.91 Å². The third kappa shape index (κ3) is 2.27. The number of aryl methyl sites for hydroxylation is 1. The summed E-state index contributed by atoms with van der Waals surface area (Å²) in [6, 6.07) is 8.34. The van der Waals surface area contributed by atoms with Gasteiger partial charge in [0.15, 0.2) is 0 Å². The molecule has 2 N–H and O–H groups in total. The summed E-state index contributed by atoms with van der Waals surface area (Å²) in [6.07, 6.45) is 0.891. The van der Waals surface area contributed by atoms with E-state index in [1.165, 1.54) is 5.56 Å². The van der Waals surface area contributed by atoms with Gasteiger partial charge in [-0.1, -0.05) is 29.8 Å². The molecule has 0 heterocycles. The molecule has 0 aromatic heterocycles. The van der Waals surface area contributed by atoms with Crippen molar-refractivity contribution in [2.45, 2.75) is 32.6 Å². The van der Waals surface area contributed by atoms with Gasteiger partial charge in [-0.15, -0.1) is 0 Å². The molecule has 104 valence electrons. The number of rotatable bonds is 5. The fourth-order valence-corrected chi connectivity index (χ4v) is 3.00. The van der Waals surface area contributed by atoms with Crippen molar-refractivity contribution >= 4 is 5.91 Å². The summed E-state index contributed by atoms with van der Waals surface area (Å²) in [7, 11) is 0. The van der Waals surface area contributed by atoms with E-state index in [0.29, 0.717) is 12.5 Å². The Hall–Kier alpha value is -1.35. The third-order valence-electron chi connectivity index (χ3n) is 4.39. The number of carbonyl (C=O) groups excluding carboxylic acids is 1. The molecule has 0 aliphatic heterocycles. The number of amides is 1. The molecule has 2 rings (SSSR count). The second-order valence-electron chi connectivity index (χ2n) is 5.45. The van der Waals surface area contributed by atoms with Crippen LogP contribution in [0.2, 0.25) is 0 Å². The van der Waals surface area contributed by atoms with Crippen LogP contribution in [0.15, 0.2) is 24.3 Å². The number of hydrogen-bond acceptors (Lipinski definition) is 2. The van der Waals surface area contributed by atoms with Gasteiger partial charge in [-0.05, 0) is 45.2 Å². The highest BCUT2D eigenvalue weighted by Gasteiger charge is 2.61. The largest absolute Gasteiger partial charge is 0.342 e. The molecule has 0 radical (unpaired) electrons. The molecule has 3 heteroatoms. The lowest BCUT2D eigenvalue weighted by Crippen LogP contribution is -2.40. The van der Waals surface area contributed by atoms with Gasteiger partial charge in [0.25, 0.3) is 0 Å². The zero-order valence-electron chi connectivity index (χ0n) is 12.1. The van der Waals surface area contributed by atoms with Crippen LogP contribution in [-0.4, -0.2) is 30.4 Å². The Morgan fingerprint density at radius 1 is 1.32 bits per heavy atom. The molecule has 1 amide bonds. The first-order chi connectivity index (χ1) is 9.09. The zero-order valence-corrected chi connectivity index (χ0v) is 12.1. The van der Waals surface area contributed by atoms with Gasteiger partial charge in [0, 0.05) is 13.1 Å². The van der Waals surface area contributed by atoms with Crippen LogP contribution in [0.1, 0.15) is 31.4 Å². The van der Waals surface area contributed by atoms with Gasteiger partial charge in [-0.3, -0.25) is 4.79 Å². The van der Waals surface area contributed by atoms with Crippen molar-refractivity contribution in [3.05, 3.63) is 35.4 Å². The van der Waals surface area contributed by atoms with Crippen LogP contribution in [0, 0.1) is 12.8 Å². The highest BCUT2D eigenvalue weighted by atomic mass is 16.2. The van der Waals surface area contributed by atoms with E-state index in [-0.39, 0.29) is 11.3 Å². The van der Waals surface area contributed by atoms with Crippen molar-refractivity contribution < 1.29 is 4.79 Å². The zero-order chi connectivity index (χ0) is 14.0. The van der Waals surface area contributed by atoms with E-state index in [1.54, 1.807) is 0 Å². The van der Waals surface area contributed by atoms with Crippen LogP contribution in [0.3, 0.4) is 0 Å². The Morgan fingerprint density at radius 2 is 1.89 bits per heavy atom. The smallest absolute Gasteiger partial charge is 0.233 e. The van der Waals surface area contributed by atoms with Gasteiger partial charge in [0.1, 0.15) is 0 Å². The molecule has 0 saturated heterocycles. The molecule has 1 aliphatic carbocycles. The van der Waals surface area contributed by atoms with Gasteiger partial charge < -0.3 is 10.6 Å². The van der Waals surface area contributed by atoms with Crippen molar-refractivity contribution in [3.8, 4) is 0 Å². The first kappa shape index (κ1) is 14.1. The van der Waals surface area contributed by atoms with Gasteiger partial charge in [-0.2, -0.15) is 0 Å². The highest BCUT2D eigenvalue weighted by molar-refractivity contribution is 5.92. The van der Waals surface area contributed by atoms with Crippen LogP contribution in [-0.2, 0) is 10.2 Å². The second-order valence-corrected chi connectivity index (χ2v) is 5.45. The molecule has 1 fully saturated rings. The summed E-state index contributed by atoms with van der Waals surface area (Å²) in [6.45, 7) is 8.24. The number of likely N-dealkylation sites (N-methyl/N-ethyl adjacent to an activating group) is 1. The topological polar surface area (TPSA) is 46.3 Å². The van der Waals surface area contributed by atoms with E-state index in [2.05, 4.69) is 31.2 Å². The molecule has 1 aromatic carbocycles. The molecular formula is C16H24N2O. The second kappa shape index (κ2) is 5.33. The first-order valence-electron chi connectivity index (χ1n) is 7.16. The van der Waals surface area contributed by atoms with E-state index in [9.17, 15) is 4.79 Å². The van der Waals surface area contributed by atoms with E-state index >= 15 is 0 Å². The maximum atomic E-state index is 12.8. The minimum atomic E-state index is -0.353. The van der Waals surface area contributed by atoms with Crippen molar-refractivity contribution in [3.63, 3.8) is 0 Å². The van der Waals surface area contributed by atoms with Crippen molar-refractivity contribution in [2.75, 3.05) is 19.6 Å². The van der Waals surface area contributed by atoms with Crippen molar-refractivity contribution in [1.29, 1.82) is 0 Å². The highest BCUT2D eigenvalue weighted by Crippen LogP contribution is 2.54. The standard InChI is InChI=1S/C16H24N2O/c1-4-18(5-2)15(19)16(10-14(16)11-17)13-8-6-12(3)7-9-13/h6-9,14H,4-5,10-11,17H2,1-3H3/t14?,16-/m0/s1. The predicted molar refractivity (Wildman–Crippen MR) is 77.9 cm³/mol. The normalized spacial score (nSPS) is 25.2. The summed E-state index contributed by atoms with van der Waals surface area (Å²) < 4.78 is 0. The van der Waals surface area contributed by atoms with Crippen molar-refractivity contribution in [2.24, 2.45) is 11.7 Å². The Morgan fingerprint density at radius 3 is 2.32 bits per heavy atom. The van der Waals surface area contributed by atoms with E-state index in [1.807, 2.05) is 18.7 Å². The molecule has 1 saturated carbocycles. The first-order valence-corrected chi connectivity index (χ1v) is 7.16. The quantitative estimate of drug-likeness (QED) is 0.881. The number of benzene rings is 1. The fourth-order valence-electron chi connectivity index (χ4n) is 3.00. The Balaban J connectivity index is 2.34. The van der Waals surface area contributed by atoms with Crippen LogP contribution in [0.5, 0.6) is 0 Å². The van der Waals surface area contributed by atoms with Gasteiger partial charge in [-0.25, -0.2) is 0 Å². The molecule has 1 unspecified atom stereocenters. The maximum absolute atomic E-state index is 12.8. The number of nitrogens with zero attached hydrogens (tertiary/aromatic N) is 1. The Labute approximate surface area is 115 Å². The lowest BCUT2D eigenvalue weighted by Gasteiger charge is -2.26. The molecule has 0 spiro atoms. The minimum Gasteiger partial charge on any atom is -0.342 e. The lowest BCUT2D eigenvalue weighted by molar-refractivity contribution is -0.134. The van der Waals surface area contributed by atoms with Crippen LogP contribution in [0.25, 0.3) is 0 Å². The SMILES string of the molecule is CCN(CC)C(=O)[C@]1(c2ccc(C)cc2)CC1CN. The Bertz CT molecular complexity index is 450. The van der Waals surface area contributed by atoms with Crippen LogP contribution in [0.4, 0.5) is 0 Å². The Kier molecular flexibility index (Phi) is 3.95. The van der Waals surface area contributed by atoms with Crippen LogP contribution >= 0.6 is 0 Å². The molecule has 1 aromatic rings. The van der Waals surface area contributed by atoms with Crippen LogP contribution < -0.4 is 5.73 Å². The minimum absolute atomic E-state index is 0.247. The monoisotopic (exact) mass is 260 g/mol. The summed E-state index contributed by atoms with van der Waals surface area (Å²) in [4.78, 5) is 14.7. The van der Waals surface area contributed by atoms with E-state index < -0.39 is 0 Å². The number of carbonyl (C=O) groups is 1. The molecule has 3 nitrogen and oxygen atoms in total. The third-order valence-corrected chi connectivity index (χ3v) is 4.39. The predicted octanol–water partition coefficient (Wildman–Crippen LogP) is 2.08. The summed E-state index contributed by atoms with van der Waals surface area (Å²) in [5.74, 6) is 0.542. The van der Waals surface area contributed by atoms with Gasteiger partial charge in [0.05, 0.1) is 5.41 Å². The summed E-state index contributed by atoms with van der Waals surface area (Å²) in [5.41, 5.74) is 7.83. The molecule has 0 bridgehead atoms. The van der Waals surface area contributed by atoms with Crippen molar-refractivity contribution in [1.82, 2.24) is 4.90 Å². The van der Waals surface area contributed by atoms with E-state index in [4.69, 9.17) is 5.73 Å². The summed E-state index contributed by atoms with van der Waals surface area (Å²) >= 11 is 0. The molecule has 1 aliphatic rings. The average Bonchev–Trinajstić information content (AvgIpc) is 3.16. The maximum Gasteiger partial charge on any atom is 0.233 e. The average molecular weight is 260 g/mol. The molecule has 2 atom stereocenters. The molecular weight excluding hydrogens is 236 g/mol. The van der Waals surface area contributed by atoms with E-state index in [0.717, 1.165) is 25.1 Å². The summed E-state index contributed by atoms with van der Waals surface area (Å²) in [5, 5.41) is 0.